The van der Waals surface area contributed by atoms with Gasteiger partial charge < -0.3 is 30.1 Å². The third-order valence-corrected chi connectivity index (χ3v) is 12.6. The first-order valence-corrected chi connectivity index (χ1v) is 21.1. The molecule has 2 unspecified atom stereocenters. The average molecular weight is 905 g/mol. The summed E-state index contributed by atoms with van der Waals surface area (Å²) in [6.45, 7) is 3.26. The predicted molar refractivity (Wildman–Crippen MR) is 220 cm³/mol. The Morgan fingerprint density at radius 1 is 0.938 bits per heavy atom. The summed E-state index contributed by atoms with van der Waals surface area (Å²) in [5, 5.41) is 20.4. The van der Waals surface area contributed by atoms with Gasteiger partial charge in [-0.2, -0.15) is 18.3 Å². The summed E-state index contributed by atoms with van der Waals surface area (Å²) in [4.78, 5) is 39.7. The van der Waals surface area contributed by atoms with E-state index < -0.39 is 79.1 Å². The van der Waals surface area contributed by atoms with Crippen LogP contribution < -0.4 is 15.5 Å². The summed E-state index contributed by atoms with van der Waals surface area (Å²) in [6.07, 6.45) is -4.33. The summed E-state index contributed by atoms with van der Waals surface area (Å²) in [5.74, 6) is -3.34. The Morgan fingerprint density at radius 2 is 1.58 bits per heavy atom. The largest absolute Gasteiger partial charge is 0.453 e. The number of carbonyl (C=O) groups excluding carboxylic acids is 2. The van der Waals surface area contributed by atoms with Crippen LogP contribution in [0.15, 0.2) is 61.1 Å². The third kappa shape index (κ3) is 10.5. The Labute approximate surface area is 365 Å². The molecule has 2 aromatic heterocycles. The number of fused-ring (bicyclic) bond motifs is 2. The molecule has 0 aliphatic carbocycles. The van der Waals surface area contributed by atoms with Gasteiger partial charge >= 0.3 is 12.3 Å². The molecule has 4 aromatic rings. The number of nitrogens with one attached hydrogen (secondary N) is 2. The van der Waals surface area contributed by atoms with Gasteiger partial charge in [-0.3, -0.25) is 14.4 Å². The van der Waals surface area contributed by atoms with Gasteiger partial charge in [0.2, 0.25) is 5.95 Å². The minimum absolute atomic E-state index is 0.0579. The molecule has 3 aliphatic heterocycles. The normalized spacial score (nSPS) is 19.7. The highest BCUT2D eigenvalue weighted by Crippen LogP contribution is 2.42. The number of nitrogens with zero attached hydrogens (tertiary/aromatic N) is 6. The van der Waals surface area contributed by atoms with Crippen molar-refractivity contribution in [2.75, 3.05) is 44.9 Å². The lowest BCUT2D eigenvalue weighted by molar-refractivity contribution is -0.220. The maximum atomic E-state index is 15.6. The molecule has 2 bridgehead atoms. The van der Waals surface area contributed by atoms with Crippen LogP contribution in [0, 0.1) is 23.0 Å². The van der Waals surface area contributed by atoms with Gasteiger partial charge in [0.1, 0.15) is 24.2 Å². The highest BCUT2D eigenvalue weighted by molar-refractivity contribution is 5.88. The van der Waals surface area contributed by atoms with Crippen molar-refractivity contribution >= 4 is 17.8 Å². The number of benzene rings is 2. The Hall–Kier alpha value is -5.18. The number of anilines is 1. The first kappa shape index (κ1) is 46.8. The Morgan fingerprint density at radius 3 is 2.14 bits per heavy atom. The molecular weight excluding hydrogens is 854 g/mol. The smallest absolute Gasteiger partial charge is 0.407 e. The quantitative estimate of drug-likeness (QED) is 0.0984. The first-order chi connectivity index (χ1) is 30.4. The molecule has 13 nitrogen and oxygen atoms in total. The van der Waals surface area contributed by atoms with Crippen molar-refractivity contribution in [2.24, 2.45) is 11.3 Å². The molecule has 0 radical (unpaired) electrons. The number of alkyl halides is 5. The number of Topliss-reactive ketones (excluding diaryl/α,β-unsaturated/α-hetero) is 1. The molecule has 0 saturated carbocycles. The lowest BCUT2D eigenvalue weighted by atomic mass is 9.77. The fraction of sp³-hybridized carbons (Fsp3) is 0.523. The summed E-state index contributed by atoms with van der Waals surface area (Å²) >= 11 is 0. The lowest BCUT2D eigenvalue weighted by Gasteiger charge is -2.47. The van der Waals surface area contributed by atoms with E-state index >= 15 is 8.78 Å². The number of aliphatic hydroxyl groups is 1. The number of carbonyl (C=O) groups is 2. The van der Waals surface area contributed by atoms with E-state index in [1.54, 1.807) is 30.3 Å². The molecule has 3 N–H and O–H groups in total. The predicted octanol–water partition coefficient (Wildman–Crippen LogP) is 6.18. The Balaban J connectivity index is 1.02. The molecule has 5 atom stereocenters. The van der Waals surface area contributed by atoms with Crippen molar-refractivity contribution in [3.05, 3.63) is 83.8 Å². The SMILES string of the molecule is COC(=O)N[C@H](C(=O)C[C@@H](Cc1ccc(-c2ccn(CC(F)F)n2)cc1)[C@@H](O)CNCc1c(F)cc(-c2cnc(N3CC4CCC(C3)N4C3COC3)nc2)cc1F)C(C)(C)C(F)(F)F. The van der Waals surface area contributed by atoms with Crippen LogP contribution in [0.3, 0.4) is 0 Å². The van der Waals surface area contributed by atoms with Crippen molar-refractivity contribution < 1.29 is 54.9 Å². The number of piperazine rings is 1. The van der Waals surface area contributed by atoms with Crippen LogP contribution in [0.25, 0.3) is 22.4 Å². The lowest BCUT2D eigenvalue weighted by Crippen LogP contribution is -2.62. The molecule has 346 valence electrons. The second kappa shape index (κ2) is 19.5. The first-order valence-electron chi connectivity index (χ1n) is 21.1. The summed E-state index contributed by atoms with van der Waals surface area (Å²) < 4.78 is 111. The zero-order valence-corrected chi connectivity index (χ0v) is 35.5. The van der Waals surface area contributed by atoms with E-state index in [9.17, 15) is 36.6 Å². The van der Waals surface area contributed by atoms with Gasteiger partial charge in [0.15, 0.2) is 5.78 Å². The Kier molecular flexibility index (Phi) is 14.3. The number of hydrogen-bond donors (Lipinski definition) is 3. The molecule has 0 spiro atoms. The van der Waals surface area contributed by atoms with Crippen molar-refractivity contribution in [3.8, 4) is 22.4 Å². The van der Waals surface area contributed by atoms with E-state index in [-0.39, 0.29) is 24.1 Å². The molecule has 7 rings (SSSR count). The number of amides is 1. The van der Waals surface area contributed by atoms with Gasteiger partial charge in [0, 0.05) is 80.0 Å². The average Bonchev–Trinajstić information content (AvgIpc) is 3.78. The van der Waals surface area contributed by atoms with Crippen LogP contribution in [0.2, 0.25) is 0 Å². The van der Waals surface area contributed by atoms with Gasteiger partial charge in [-0.05, 0) is 68.4 Å². The van der Waals surface area contributed by atoms with Crippen LogP contribution in [0.1, 0.15) is 44.2 Å². The molecule has 2 aromatic carbocycles. The van der Waals surface area contributed by atoms with Crippen LogP contribution in [-0.2, 0) is 33.8 Å². The minimum atomic E-state index is -4.94. The number of hydrogen-bond acceptors (Lipinski definition) is 11. The highest BCUT2D eigenvalue weighted by Gasteiger charge is 2.55. The molecule has 3 fully saturated rings. The third-order valence-electron chi connectivity index (χ3n) is 12.6. The molecule has 3 aliphatic rings. The number of aromatic nitrogens is 4. The number of alkyl carbamates (subject to hydrolysis) is 1. The molecule has 1 amide bonds. The van der Waals surface area contributed by atoms with Gasteiger partial charge in [0.05, 0.1) is 43.6 Å². The van der Waals surface area contributed by atoms with Gasteiger partial charge in [-0.1, -0.05) is 24.3 Å². The zero-order valence-electron chi connectivity index (χ0n) is 35.5. The van der Waals surface area contributed by atoms with E-state index in [4.69, 9.17) is 4.74 Å². The molecule has 3 saturated heterocycles. The number of rotatable bonds is 18. The fourth-order valence-corrected chi connectivity index (χ4v) is 8.77. The van der Waals surface area contributed by atoms with Crippen molar-refractivity contribution in [2.45, 2.75) is 95.5 Å². The highest BCUT2D eigenvalue weighted by atomic mass is 19.4. The van der Waals surface area contributed by atoms with Crippen molar-refractivity contribution in [1.29, 1.82) is 0 Å². The standard InChI is InChI=1S/C44H51F7N8O5/c1-43(2,44(49,50)51)40(55-42(62)63-3)37(60)15-28(12-25-4-6-26(7-5-25)36-10-11-58(56-36)22-39(47)48)38(61)19-52-18-33-34(45)13-27(14-35(33)46)29-16-53-41(54-17-29)57-20-30-8-9-31(21-57)59(30)32-23-64-24-32/h4-7,10-11,13-14,16-17,28,30-32,38-40,52,61H,8-9,12,15,18-24H2,1-3H3,(H,55,62)/t28-,30?,31?,38+,40-/m1/s1. The Bertz CT molecular complexity index is 2200. The number of aliphatic hydroxyl groups excluding tert-OH is 1. The van der Waals surface area contributed by atoms with Gasteiger partial charge in [-0.25, -0.2) is 32.3 Å². The maximum absolute atomic E-state index is 15.6. The van der Waals surface area contributed by atoms with E-state index in [1.807, 2.05) is 5.32 Å². The maximum Gasteiger partial charge on any atom is 0.407 e. The topological polar surface area (TPSA) is 147 Å². The van der Waals surface area contributed by atoms with Crippen LogP contribution >= 0.6 is 0 Å². The van der Waals surface area contributed by atoms with Crippen molar-refractivity contribution in [1.82, 2.24) is 35.3 Å². The van der Waals surface area contributed by atoms with Gasteiger partial charge in [0.25, 0.3) is 6.43 Å². The van der Waals surface area contributed by atoms with Crippen LogP contribution in [0.5, 0.6) is 0 Å². The number of ether oxygens (including phenoxy) is 2. The number of ketones is 1. The minimum Gasteiger partial charge on any atom is -0.453 e. The van der Waals surface area contributed by atoms with Crippen LogP contribution in [0.4, 0.5) is 41.5 Å². The number of halogens is 7. The molecule has 64 heavy (non-hydrogen) atoms. The molecule has 20 heteroatoms. The van der Waals surface area contributed by atoms with E-state index in [1.165, 1.54) is 18.6 Å². The monoisotopic (exact) mass is 904 g/mol. The second-order valence-corrected chi connectivity index (χ2v) is 17.3. The summed E-state index contributed by atoms with van der Waals surface area (Å²) in [5.41, 5.74) is -0.969. The zero-order chi connectivity index (χ0) is 45.9. The molecular formula is C44H51F7N8O5. The van der Waals surface area contributed by atoms with Crippen LogP contribution in [-0.4, -0.2) is 124 Å². The summed E-state index contributed by atoms with van der Waals surface area (Å²) in [7, 11) is 0.936. The van der Waals surface area contributed by atoms with E-state index in [0.717, 1.165) is 76.9 Å². The fourth-order valence-electron chi connectivity index (χ4n) is 8.77. The summed E-state index contributed by atoms with van der Waals surface area (Å²) in [6, 6.07) is 9.51. The second-order valence-electron chi connectivity index (χ2n) is 17.3. The number of methoxy groups -OCH3 is 1. The molecule has 5 heterocycles. The van der Waals surface area contributed by atoms with Crippen molar-refractivity contribution in [3.63, 3.8) is 0 Å². The van der Waals surface area contributed by atoms with Gasteiger partial charge in [-0.15, -0.1) is 0 Å². The van der Waals surface area contributed by atoms with E-state index in [0.29, 0.717) is 46.5 Å². The van der Waals surface area contributed by atoms with E-state index in [2.05, 4.69) is 34.9 Å².